The molecular formula is C17H27NO3. The number of carbonyl (C=O) groups is 1. The fourth-order valence-electron chi connectivity index (χ4n) is 2.05. The third kappa shape index (κ3) is 6.17. The first-order valence-electron chi connectivity index (χ1n) is 7.77. The smallest absolute Gasteiger partial charge is 0.320 e. The van der Waals surface area contributed by atoms with Crippen molar-refractivity contribution in [3.63, 3.8) is 0 Å². The van der Waals surface area contributed by atoms with Gasteiger partial charge in [0, 0.05) is 6.42 Å². The number of nitrogens with one attached hydrogen (secondary N) is 1. The fraction of sp³-hybridized carbons (Fsp3) is 0.588. The molecule has 0 radical (unpaired) electrons. The summed E-state index contributed by atoms with van der Waals surface area (Å²) in [6.45, 7) is 7.50. The Labute approximate surface area is 127 Å². The van der Waals surface area contributed by atoms with Gasteiger partial charge in [-0.3, -0.25) is 4.79 Å². The van der Waals surface area contributed by atoms with Gasteiger partial charge in [-0.25, -0.2) is 0 Å². The van der Waals surface area contributed by atoms with Gasteiger partial charge in [0.15, 0.2) is 0 Å². The van der Waals surface area contributed by atoms with E-state index in [-0.39, 0.29) is 0 Å². The van der Waals surface area contributed by atoms with Gasteiger partial charge in [-0.05, 0) is 43.0 Å². The molecule has 0 saturated heterocycles. The van der Waals surface area contributed by atoms with Crippen LogP contribution in [-0.4, -0.2) is 30.3 Å². The first-order chi connectivity index (χ1) is 10.1. The number of rotatable bonds is 10. The van der Waals surface area contributed by atoms with Crippen LogP contribution in [-0.2, 0) is 4.79 Å². The quantitative estimate of drug-likeness (QED) is 0.694. The molecule has 1 aromatic carbocycles. The molecule has 0 heterocycles. The maximum atomic E-state index is 11.1. The van der Waals surface area contributed by atoms with E-state index in [2.05, 4.69) is 31.3 Å². The largest absolute Gasteiger partial charge is 0.494 e. The Kier molecular flexibility index (Phi) is 7.83. The second-order valence-corrected chi connectivity index (χ2v) is 5.36. The average molecular weight is 293 g/mol. The molecule has 1 rings (SSSR count). The van der Waals surface area contributed by atoms with E-state index in [1.54, 1.807) is 0 Å². The highest BCUT2D eigenvalue weighted by molar-refractivity contribution is 5.73. The van der Waals surface area contributed by atoms with Crippen molar-refractivity contribution in [1.82, 2.24) is 5.32 Å². The van der Waals surface area contributed by atoms with Crippen molar-refractivity contribution in [1.29, 1.82) is 0 Å². The van der Waals surface area contributed by atoms with Gasteiger partial charge in [-0.1, -0.05) is 32.9 Å². The van der Waals surface area contributed by atoms with Crippen molar-refractivity contribution in [2.24, 2.45) is 0 Å². The van der Waals surface area contributed by atoms with Crippen LogP contribution in [0.4, 0.5) is 0 Å². The van der Waals surface area contributed by atoms with E-state index < -0.39 is 12.0 Å². The van der Waals surface area contributed by atoms with Crippen LogP contribution in [0.5, 0.6) is 5.75 Å². The number of carboxylic acid groups (broad SMARTS) is 1. The van der Waals surface area contributed by atoms with Crippen molar-refractivity contribution in [2.75, 3.05) is 13.2 Å². The Balaban J connectivity index is 2.42. The molecule has 1 aromatic rings. The molecular weight excluding hydrogens is 266 g/mol. The minimum absolute atomic E-state index is 0.399. The van der Waals surface area contributed by atoms with Gasteiger partial charge in [0.25, 0.3) is 0 Å². The second-order valence-electron chi connectivity index (χ2n) is 5.36. The summed E-state index contributed by atoms with van der Waals surface area (Å²) in [7, 11) is 0. The van der Waals surface area contributed by atoms with E-state index in [1.165, 1.54) is 5.56 Å². The first-order valence-corrected chi connectivity index (χ1v) is 7.77. The zero-order valence-corrected chi connectivity index (χ0v) is 13.3. The summed E-state index contributed by atoms with van der Waals surface area (Å²) in [5.41, 5.74) is 1.30. The highest BCUT2D eigenvalue weighted by atomic mass is 16.5. The molecule has 4 heteroatoms. The summed E-state index contributed by atoms with van der Waals surface area (Å²) in [5, 5.41) is 12.1. The average Bonchev–Trinajstić information content (AvgIpc) is 2.50. The third-order valence-corrected chi connectivity index (χ3v) is 3.68. The molecule has 0 fully saturated rings. The summed E-state index contributed by atoms with van der Waals surface area (Å²) in [5.74, 6) is 0.523. The Hall–Kier alpha value is -1.55. The highest BCUT2D eigenvalue weighted by Gasteiger charge is 2.15. The third-order valence-electron chi connectivity index (χ3n) is 3.68. The SMILES string of the molecule is CCCNC(CCOc1ccc(C(C)CC)cc1)C(=O)O. The molecule has 0 aliphatic heterocycles. The van der Waals surface area contributed by atoms with Gasteiger partial charge < -0.3 is 15.2 Å². The Morgan fingerprint density at radius 3 is 2.48 bits per heavy atom. The Morgan fingerprint density at radius 2 is 1.95 bits per heavy atom. The number of benzene rings is 1. The zero-order chi connectivity index (χ0) is 15.7. The van der Waals surface area contributed by atoms with Gasteiger partial charge >= 0.3 is 5.97 Å². The summed E-state index contributed by atoms with van der Waals surface area (Å²) >= 11 is 0. The topological polar surface area (TPSA) is 58.6 Å². The molecule has 0 aliphatic rings. The van der Waals surface area contributed by atoms with E-state index >= 15 is 0 Å². The van der Waals surface area contributed by atoms with Crippen LogP contribution in [0, 0.1) is 0 Å². The summed E-state index contributed by atoms with van der Waals surface area (Å²) < 4.78 is 5.63. The predicted molar refractivity (Wildman–Crippen MR) is 85.0 cm³/mol. The van der Waals surface area contributed by atoms with Gasteiger partial charge in [0.2, 0.25) is 0 Å². The van der Waals surface area contributed by atoms with Crippen molar-refractivity contribution < 1.29 is 14.6 Å². The molecule has 0 aliphatic carbocycles. The molecule has 0 spiro atoms. The Bertz CT molecular complexity index is 417. The lowest BCUT2D eigenvalue weighted by Gasteiger charge is -2.15. The van der Waals surface area contributed by atoms with Gasteiger partial charge in [0.1, 0.15) is 11.8 Å². The van der Waals surface area contributed by atoms with E-state index in [9.17, 15) is 4.79 Å². The van der Waals surface area contributed by atoms with Crippen LogP contribution in [0.2, 0.25) is 0 Å². The molecule has 2 N–H and O–H groups in total. The first kappa shape index (κ1) is 17.5. The van der Waals surface area contributed by atoms with Crippen LogP contribution in [0.3, 0.4) is 0 Å². The highest BCUT2D eigenvalue weighted by Crippen LogP contribution is 2.21. The lowest BCUT2D eigenvalue weighted by atomic mass is 9.99. The van der Waals surface area contributed by atoms with E-state index in [4.69, 9.17) is 9.84 Å². The fourth-order valence-corrected chi connectivity index (χ4v) is 2.05. The molecule has 4 nitrogen and oxygen atoms in total. The predicted octanol–water partition coefficient (Wildman–Crippen LogP) is 3.42. The molecule has 0 aromatic heterocycles. The minimum atomic E-state index is -0.820. The van der Waals surface area contributed by atoms with Crippen LogP contribution < -0.4 is 10.1 Å². The van der Waals surface area contributed by atoms with E-state index in [0.717, 1.165) is 18.6 Å². The van der Waals surface area contributed by atoms with E-state index in [1.807, 2.05) is 19.1 Å². The standard InChI is InChI=1S/C17H27NO3/c1-4-11-18-16(17(19)20)10-12-21-15-8-6-14(7-9-15)13(3)5-2/h6-9,13,16,18H,4-5,10-12H2,1-3H3,(H,19,20). The summed E-state index contributed by atoms with van der Waals surface area (Å²) in [6.07, 6.45) is 2.49. The van der Waals surface area contributed by atoms with Crippen molar-refractivity contribution >= 4 is 5.97 Å². The second kappa shape index (κ2) is 9.40. The van der Waals surface area contributed by atoms with Crippen molar-refractivity contribution in [2.45, 2.75) is 52.0 Å². The molecule has 0 amide bonds. The van der Waals surface area contributed by atoms with Crippen LogP contribution >= 0.6 is 0 Å². The monoisotopic (exact) mass is 293 g/mol. The van der Waals surface area contributed by atoms with Crippen LogP contribution in [0.1, 0.15) is 51.5 Å². The lowest BCUT2D eigenvalue weighted by Crippen LogP contribution is -2.38. The van der Waals surface area contributed by atoms with Gasteiger partial charge in [-0.2, -0.15) is 0 Å². The van der Waals surface area contributed by atoms with Crippen LogP contribution in [0.15, 0.2) is 24.3 Å². The van der Waals surface area contributed by atoms with Gasteiger partial charge in [0.05, 0.1) is 6.61 Å². The number of hydrogen-bond donors (Lipinski definition) is 2. The summed E-state index contributed by atoms with van der Waals surface area (Å²) in [4.78, 5) is 11.1. The number of ether oxygens (including phenoxy) is 1. The number of aliphatic carboxylic acids is 1. The summed E-state index contributed by atoms with van der Waals surface area (Å²) in [6, 6.07) is 7.53. The number of carboxylic acids is 1. The molecule has 2 atom stereocenters. The Morgan fingerprint density at radius 1 is 1.29 bits per heavy atom. The minimum Gasteiger partial charge on any atom is -0.494 e. The zero-order valence-electron chi connectivity index (χ0n) is 13.3. The van der Waals surface area contributed by atoms with Crippen molar-refractivity contribution in [3.8, 4) is 5.75 Å². The van der Waals surface area contributed by atoms with Crippen molar-refractivity contribution in [3.05, 3.63) is 29.8 Å². The van der Waals surface area contributed by atoms with E-state index in [0.29, 0.717) is 25.5 Å². The molecule has 118 valence electrons. The normalized spacial score (nSPS) is 13.7. The maximum absolute atomic E-state index is 11.1. The van der Waals surface area contributed by atoms with Crippen LogP contribution in [0.25, 0.3) is 0 Å². The molecule has 0 saturated carbocycles. The number of hydrogen-bond acceptors (Lipinski definition) is 3. The lowest BCUT2D eigenvalue weighted by molar-refractivity contribution is -0.139. The molecule has 2 unspecified atom stereocenters. The maximum Gasteiger partial charge on any atom is 0.320 e. The molecule has 0 bridgehead atoms. The molecule has 21 heavy (non-hydrogen) atoms. The van der Waals surface area contributed by atoms with Gasteiger partial charge in [-0.15, -0.1) is 0 Å².